The Kier molecular flexibility index (Phi) is 5.76. The van der Waals surface area contributed by atoms with Gasteiger partial charge in [0.25, 0.3) is 0 Å². The molecule has 0 bridgehead atoms. The van der Waals surface area contributed by atoms with Crippen LogP contribution < -0.4 is 5.32 Å². The van der Waals surface area contributed by atoms with Gasteiger partial charge in [-0.1, -0.05) is 18.2 Å². The van der Waals surface area contributed by atoms with Gasteiger partial charge in [-0.15, -0.1) is 11.6 Å². The predicted octanol–water partition coefficient (Wildman–Crippen LogP) is 4.28. The number of H-pyrrole nitrogens is 1. The number of alkyl halides is 1. The number of rotatable bonds is 1. The van der Waals surface area contributed by atoms with E-state index in [1.165, 1.54) is 22.2 Å². The van der Waals surface area contributed by atoms with Gasteiger partial charge in [-0.25, -0.2) is 0 Å². The van der Waals surface area contributed by atoms with E-state index in [-0.39, 0.29) is 0 Å². The van der Waals surface area contributed by atoms with Gasteiger partial charge in [0.15, 0.2) is 0 Å². The summed E-state index contributed by atoms with van der Waals surface area (Å²) < 4.78 is 0. The minimum absolute atomic E-state index is 0.298. The Balaban J connectivity index is 0.000000297. The second kappa shape index (κ2) is 7.12. The van der Waals surface area contributed by atoms with Gasteiger partial charge in [-0.2, -0.15) is 0 Å². The molecule has 0 fully saturated rings. The summed E-state index contributed by atoms with van der Waals surface area (Å²) in [5.41, 5.74) is 3.94. The first kappa shape index (κ1) is 15.4. The fourth-order valence-electron chi connectivity index (χ4n) is 2.42. The lowest BCUT2D eigenvalue weighted by Crippen LogP contribution is -2.30. The monoisotopic (exact) mass is 338 g/mol. The van der Waals surface area contributed by atoms with Gasteiger partial charge in [0, 0.05) is 41.5 Å². The highest BCUT2D eigenvalue weighted by atomic mass is 35.9. The first-order valence-electron chi connectivity index (χ1n) is 5.83. The summed E-state index contributed by atoms with van der Waals surface area (Å²) in [6, 6.07) is 8.73. The minimum Gasteiger partial charge on any atom is -0.358 e. The summed E-state index contributed by atoms with van der Waals surface area (Å²) in [5, 5.41) is 4.76. The quantitative estimate of drug-likeness (QED) is 0.536. The maximum Gasteiger partial charge on any atom is 0.222 e. The molecule has 2 aromatic rings. The average molecular weight is 340 g/mol. The number of aromatic amines is 1. The van der Waals surface area contributed by atoms with Crippen molar-refractivity contribution in [3.8, 4) is 0 Å². The van der Waals surface area contributed by atoms with E-state index in [4.69, 9.17) is 16.5 Å². The summed E-state index contributed by atoms with van der Waals surface area (Å²) in [7, 11) is 0. The summed E-state index contributed by atoms with van der Waals surface area (Å²) >= 11 is 15.3. The molecule has 1 aromatic carbocycles. The normalized spacial score (nSPS) is 18.1. The lowest BCUT2D eigenvalue weighted by Gasteiger charge is -2.22. The Morgan fingerprint density at radius 1 is 1.32 bits per heavy atom. The van der Waals surface area contributed by atoms with Crippen LogP contribution in [0.15, 0.2) is 24.3 Å². The van der Waals surface area contributed by atoms with Gasteiger partial charge in [0.2, 0.25) is 6.85 Å². The SMILES string of the molecule is ClCC1NCCc2[nH]c3ccccc3c21.OP(Cl)Cl. The third-order valence-corrected chi connectivity index (χ3v) is 3.41. The number of benzene rings is 1. The maximum atomic E-state index is 7.65. The van der Waals surface area contributed by atoms with Gasteiger partial charge >= 0.3 is 0 Å². The molecule has 0 saturated carbocycles. The number of hydrogen-bond acceptors (Lipinski definition) is 2. The zero-order valence-corrected chi connectivity index (χ0v) is 13.2. The van der Waals surface area contributed by atoms with E-state index < -0.39 is 6.85 Å². The van der Waals surface area contributed by atoms with Crippen LogP contribution in [-0.2, 0) is 6.42 Å². The van der Waals surface area contributed by atoms with Crippen molar-refractivity contribution in [2.24, 2.45) is 0 Å². The summed E-state index contributed by atoms with van der Waals surface area (Å²) in [4.78, 5) is 11.1. The van der Waals surface area contributed by atoms with E-state index in [2.05, 4.69) is 57.0 Å². The Morgan fingerprint density at radius 3 is 2.68 bits per heavy atom. The molecule has 0 aliphatic carbocycles. The molecule has 2 heterocycles. The van der Waals surface area contributed by atoms with Gasteiger partial charge in [0.1, 0.15) is 0 Å². The van der Waals surface area contributed by atoms with Crippen molar-refractivity contribution in [1.29, 1.82) is 0 Å². The molecule has 0 spiro atoms. The molecule has 3 N–H and O–H groups in total. The van der Waals surface area contributed by atoms with Crippen LogP contribution in [0, 0.1) is 0 Å². The summed E-state index contributed by atoms with van der Waals surface area (Å²) in [6.45, 7) is -0.665. The highest BCUT2D eigenvalue weighted by molar-refractivity contribution is 7.99. The first-order chi connectivity index (χ1) is 9.13. The molecular weight excluding hydrogens is 325 g/mol. The average Bonchev–Trinajstić information content (AvgIpc) is 2.76. The number of fused-ring (bicyclic) bond motifs is 3. The molecule has 7 heteroatoms. The fraction of sp³-hybridized carbons (Fsp3) is 0.333. The van der Waals surface area contributed by atoms with Gasteiger partial charge in [-0.3, -0.25) is 0 Å². The predicted molar refractivity (Wildman–Crippen MR) is 84.3 cm³/mol. The number of aromatic nitrogens is 1. The van der Waals surface area contributed by atoms with Crippen molar-refractivity contribution in [1.82, 2.24) is 10.3 Å². The molecule has 1 aromatic heterocycles. The number of hydrogen-bond donors (Lipinski definition) is 3. The topological polar surface area (TPSA) is 48.0 Å². The van der Waals surface area contributed by atoms with Crippen LogP contribution in [0.4, 0.5) is 0 Å². The minimum atomic E-state index is -1.68. The lowest BCUT2D eigenvalue weighted by atomic mass is 9.99. The van der Waals surface area contributed by atoms with Gasteiger partial charge < -0.3 is 15.2 Å². The first-order valence-corrected chi connectivity index (χ1v) is 9.46. The number of halogens is 3. The van der Waals surface area contributed by atoms with E-state index in [9.17, 15) is 0 Å². The molecule has 0 amide bonds. The second-order valence-corrected chi connectivity index (χ2v) is 7.37. The van der Waals surface area contributed by atoms with Gasteiger partial charge in [0.05, 0.1) is 0 Å². The molecule has 3 rings (SSSR count). The molecule has 19 heavy (non-hydrogen) atoms. The van der Waals surface area contributed by atoms with Crippen LogP contribution in [0.2, 0.25) is 0 Å². The largest absolute Gasteiger partial charge is 0.358 e. The zero-order chi connectivity index (χ0) is 13.8. The van der Waals surface area contributed by atoms with Crippen LogP contribution >= 0.6 is 40.9 Å². The second-order valence-electron chi connectivity index (χ2n) is 4.19. The Labute approximate surface area is 127 Å². The lowest BCUT2D eigenvalue weighted by molar-refractivity contribution is 0.545. The molecule has 3 nitrogen and oxygen atoms in total. The third-order valence-electron chi connectivity index (χ3n) is 3.10. The van der Waals surface area contributed by atoms with Crippen molar-refractivity contribution in [2.75, 3.05) is 12.4 Å². The summed E-state index contributed by atoms with van der Waals surface area (Å²) in [6.07, 6.45) is 1.07. The van der Waals surface area contributed by atoms with Crippen molar-refractivity contribution >= 4 is 51.8 Å². The molecule has 104 valence electrons. The molecule has 1 atom stereocenters. The third kappa shape index (κ3) is 3.75. The van der Waals surface area contributed by atoms with Crippen LogP contribution in [0.5, 0.6) is 0 Å². The molecule has 0 saturated heterocycles. The van der Waals surface area contributed by atoms with E-state index in [0.717, 1.165) is 13.0 Å². The van der Waals surface area contributed by atoms with E-state index in [0.29, 0.717) is 11.9 Å². The van der Waals surface area contributed by atoms with Crippen LogP contribution in [0.25, 0.3) is 10.9 Å². The summed E-state index contributed by atoms with van der Waals surface area (Å²) in [5.74, 6) is 0.634. The van der Waals surface area contributed by atoms with Crippen molar-refractivity contribution in [3.63, 3.8) is 0 Å². The molecule has 1 aliphatic heterocycles. The maximum absolute atomic E-state index is 7.65. The van der Waals surface area contributed by atoms with Crippen molar-refractivity contribution in [3.05, 3.63) is 35.5 Å². The smallest absolute Gasteiger partial charge is 0.222 e. The van der Waals surface area contributed by atoms with E-state index in [1.807, 2.05) is 0 Å². The van der Waals surface area contributed by atoms with E-state index in [1.54, 1.807) is 0 Å². The Morgan fingerprint density at radius 2 is 2.00 bits per heavy atom. The molecule has 1 aliphatic rings. The number of nitrogens with one attached hydrogen (secondary N) is 2. The molecular formula is C12H14Cl3N2OP. The Hall–Kier alpha value is -0.0200. The van der Waals surface area contributed by atoms with Crippen LogP contribution in [0.3, 0.4) is 0 Å². The van der Waals surface area contributed by atoms with Crippen LogP contribution in [0.1, 0.15) is 17.3 Å². The van der Waals surface area contributed by atoms with E-state index >= 15 is 0 Å². The van der Waals surface area contributed by atoms with Gasteiger partial charge in [-0.05, 0) is 34.1 Å². The zero-order valence-electron chi connectivity index (χ0n) is 10.0. The number of para-hydroxylation sites is 1. The standard InChI is InChI=1S/C12H13ClN2.Cl2HOP/c13-7-11-12-8-3-1-2-4-9(8)15-10(12)5-6-14-11;1-4(2)3/h1-4,11,14-15H,5-7H2;3H. The highest BCUT2D eigenvalue weighted by Gasteiger charge is 2.22. The van der Waals surface area contributed by atoms with Crippen molar-refractivity contribution in [2.45, 2.75) is 12.5 Å². The fourth-order valence-corrected chi connectivity index (χ4v) is 2.68. The molecule has 0 radical (unpaired) electrons. The Bertz CT molecular complexity index is 544. The highest BCUT2D eigenvalue weighted by Crippen LogP contribution is 2.40. The van der Waals surface area contributed by atoms with Crippen LogP contribution in [-0.4, -0.2) is 22.3 Å². The molecule has 1 unspecified atom stereocenters. The van der Waals surface area contributed by atoms with Crippen molar-refractivity contribution < 1.29 is 4.89 Å².